The molecule has 1 aliphatic rings. The molecule has 0 saturated carbocycles. The molecule has 1 aliphatic heterocycles. The lowest BCUT2D eigenvalue weighted by atomic mass is 10.0. The second-order valence-electron chi connectivity index (χ2n) is 4.99. The fourth-order valence-electron chi connectivity index (χ4n) is 2.31. The third-order valence-corrected chi connectivity index (χ3v) is 3.73. The molecule has 1 N–H and O–H groups in total. The van der Waals surface area contributed by atoms with Crippen molar-refractivity contribution in [2.24, 2.45) is 0 Å². The minimum atomic E-state index is -0.777. The number of methoxy groups -OCH3 is 1. The Hall–Kier alpha value is -1.42. The first-order valence-electron chi connectivity index (χ1n) is 6.86. The van der Waals surface area contributed by atoms with E-state index in [0.29, 0.717) is 17.9 Å². The van der Waals surface area contributed by atoms with E-state index in [9.17, 15) is 4.79 Å². The molecule has 0 spiro atoms. The molecule has 1 aromatic rings. The van der Waals surface area contributed by atoms with Gasteiger partial charge in [-0.15, -0.1) is 11.6 Å². The summed E-state index contributed by atoms with van der Waals surface area (Å²) in [7, 11) is 1.58. The summed E-state index contributed by atoms with van der Waals surface area (Å²) in [5.41, 5.74) is 1.74. The van der Waals surface area contributed by atoms with Crippen LogP contribution in [0.1, 0.15) is 36.8 Å². The number of rotatable bonds is 5. The van der Waals surface area contributed by atoms with Gasteiger partial charge in [-0.3, -0.25) is 4.79 Å². The number of fused-ring (bicyclic) bond motifs is 1. The summed E-state index contributed by atoms with van der Waals surface area (Å²) in [5, 5.41) is 2.01. The molecule has 1 heterocycles. The number of alkyl halides is 1. The van der Waals surface area contributed by atoms with Crippen molar-refractivity contribution in [3.8, 4) is 11.5 Å². The second-order valence-corrected chi connectivity index (χ2v) is 5.42. The number of ether oxygens (including phenoxy) is 2. The van der Waals surface area contributed by atoms with E-state index in [0.717, 1.165) is 24.2 Å². The third-order valence-electron chi connectivity index (χ3n) is 3.30. The molecule has 4 nitrogen and oxygen atoms in total. The number of carbonyl (C=O) groups excluding carboxylic acids is 1. The quantitative estimate of drug-likeness (QED) is 0.850. The van der Waals surface area contributed by atoms with Crippen LogP contribution in [0.3, 0.4) is 0 Å². The molecule has 2 atom stereocenters. The number of benzene rings is 1. The van der Waals surface area contributed by atoms with Crippen LogP contribution in [0.5, 0.6) is 11.5 Å². The molecular weight excluding hydrogens is 278 g/mol. The predicted molar refractivity (Wildman–Crippen MR) is 78.7 cm³/mol. The molecule has 0 bridgehead atoms. The predicted octanol–water partition coefficient (Wildman–Crippen LogP) is 2.82. The molecule has 2 unspecified atom stereocenters. The van der Waals surface area contributed by atoms with Crippen molar-refractivity contribution in [2.75, 3.05) is 13.7 Å². The zero-order valence-corrected chi connectivity index (χ0v) is 12.8. The Bertz CT molecular complexity index is 504. The standard InChI is InChI=1S/C15H20ClNO3/c1-4-5-17-15(18)14(16)11-8-12-10(6-9(2)20-12)7-13(11)19-3/h7-9,14H,4-6H2,1-3H3,(H,17,18). The molecule has 0 radical (unpaired) electrons. The van der Waals surface area contributed by atoms with Gasteiger partial charge in [0.05, 0.1) is 7.11 Å². The molecule has 110 valence electrons. The van der Waals surface area contributed by atoms with Gasteiger partial charge >= 0.3 is 0 Å². The Labute approximate surface area is 124 Å². The average Bonchev–Trinajstić information content (AvgIpc) is 2.81. The summed E-state index contributed by atoms with van der Waals surface area (Å²) in [5.74, 6) is 1.22. The molecular formula is C15H20ClNO3. The van der Waals surface area contributed by atoms with Gasteiger partial charge in [-0.25, -0.2) is 0 Å². The van der Waals surface area contributed by atoms with E-state index in [2.05, 4.69) is 5.32 Å². The molecule has 20 heavy (non-hydrogen) atoms. The van der Waals surface area contributed by atoms with Crippen LogP contribution in [-0.4, -0.2) is 25.7 Å². The summed E-state index contributed by atoms with van der Waals surface area (Å²) in [6.07, 6.45) is 1.87. The van der Waals surface area contributed by atoms with Crippen molar-refractivity contribution in [1.29, 1.82) is 0 Å². The first-order chi connectivity index (χ1) is 9.56. The Morgan fingerprint density at radius 2 is 2.35 bits per heavy atom. The Morgan fingerprint density at radius 1 is 1.60 bits per heavy atom. The summed E-state index contributed by atoms with van der Waals surface area (Å²) >= 11 is 6.27. The Kier molecular flexibility index (Phi) is 4.76. The van der Waals surface area contributed by atoms with Crippen molar-refractivity contribution in [1.82, 2.24) is 5.32 Å². The lowest BCUT2D eigenvalue weighted by Gasteiger charge is -2.15. The number of hydrogen-bond donors (Lipinski definition) is 1. The topological polar surface area (TPSA) is 47.6 Å². The highest BCUT2D eigenvalue weighted by atomic mass is 35.5. The fraction of sp³-hybridized carbons (Fsp3) is 0.533. The zero-order valence-electron chi connectivity index (χ0n) is 12.0. The molecule has 1 aromatic carbocycles. The number of nitrogens with one attached hydrogen (secondary N) is 1. The lowest BCUT2D eigenvalue weighted by Crippen LogP contribution is -2.27. The first kappa shape index (κ1) is 15.0. The highest BCUT2D eigenvalue weighted by Crippen LogP contribution is 2.39. The van der Waals surface area contributed by atoms with Gasteiger partial charge < -0.3 is 14.8 Å². The van der Waals surface area contributed by atoms with E-state index in [4.69, 9.17) is 21.1 Å². The number of halogens is 1. The van der Waals surface area contributed by atoms with E-state index < -0.39 is 5.38 Å². The van der Waals surface area contributed by atoms with Gasteiger partial charge in [0.25, 0.3) is 0 Å². The Morgan fingerprint density at radius 3 is 3.00 bits per heavy atom. The van der Waals surface area contributed by atoms with Crippen molar-refractivity contribution < 1.29 is 14.3 Å². The van der Waals surface area contributed by atoms with Gasteiger partial charge in [-0.05, 0) is 25.5 Å². The molecule has 0 fully saturated rings. The van der Waals surface area contributed by atoms with Gasteiger partial charge in [0.1, 0.15) is 23.0 Å². The van der Waals surface area contributed by atoms with Crippen molar-refractivity contribution >= 4 is 17.5 Å². The molecule has 2 rings (SSSR count). The summed E-state index contributed by atoms with van der Waals surface area (Å²) in [6, 6.07) is 3.73. The molecule has 5 heteroatoms. The minimum absolute atomic E-state index is 0.146. The van der Waals surface area contributed by atoms with Crippen LogP contribution < -0.4 is 14.8 Å². The van der Waals surface area contributed by atoms with Crippen LogP contribution >= 0.6 is 11.6 Å². The highest BCUT2D eigenvalue weighted by molar-refractivity contribution is 6.31. The molecule has 0 saturated heterocycles. The van der Waals surface area contributed by atoms with Crippen LogP contribution in [0, 0.1) is 0 Å². The monoisotopic (exact) mass is 297 g/mol. The van der Waals surface area contributed by atoms with Crippen LogP contribution in [0.4, 0.5) is 0 Å². The maximum Gasteiger partial charge on any atom is 0.242 e. The van der Waals surface area contributed by atoms with Gasteiger partial charge in [0.15, 0.2) is 0 Å². The second kappa shape index (κ2) is 6.35. The summed E-state index contributed by atoms with van der Waals surface area (Å²) in [4.78, 5) is 12.0. The van der Waals surface area contributed by atoms with E-state index in [1.54, 1.807) is 7.11 Å². The van der Waals surface area contributed by atoms with Crippen LogP contribution in [0.2, 0.25) is 0 Å². The maximum atomic E-state index is 12.0. The SMILES string of the molecule is CCCNC(=O)C(Cl)c1cc2c(cc1OC)CC(C)O2. The van der Waals surface area contributed by atoms with E-state index in [-0.39, 0.29) is 12.0 Å². The first-order valence-corrected chi connectivity index (χ1v) is 7.29. The number of amides is 1. The molecule has 0 aliphatic carbocycles. The smallest absolute Gasteiger partial charge is 0.242 e. The molecule has 1 amide bonds. The fourth-order valence-corrected chi connectivity index (χ4v) is 2.56. The zero-order chi connectivity index (χ0) is 14.7. The van der Waals surface area contributed by atoms with Crippen LogP contribution in [0.15, 0.2) is 12.1 Å². The molecule has 0 aromatic heterocycles. The van der Waals surface area contributed by atoms with Gasteiger partial charge in [0, 0.05) is 24.1 Å². The van der Waals surface area contributed by atoms with Gasteiger partial charge in [0.2, 0.25) is 5.91 Å². The minimum Gasteiger partial charge on any atom is -0.496 e. The number of hydrogen-bond acceptors (Lipinski definition) is 3. The van der Waals surface area contributed by atoms with E-state index in [1.165, 1.54) is 0 Å². The van der Waals surface area contributed by atoms with Crippen LogP contribution in [-0.2, 0) is 11.2 Å². The Balaban J connectivity index is 2.27. The highest BCUT2D eigenvalue weighted by Gasteiger charge is 2.27. The van der Waals surface area contributed by atoms with E-state index >= 15 is 0 Å². The van der Waals surface area contributed by atoms with Crippen molar-refractivity contribution in [3.63, 3.8) is 0 Å². The maximum absolute atomic E-state index is 12.0. The van der Waals surface area contributed by atoms with Crippen molar-refractivity contribution in [3.05, 3.63) is 23.3 Å². The summed E-state index contributed by atoms with van der Waals surface area (Å²) in [6.45, 7) is 4.62. The average molecular weight is 298 g/mol. The van der Waals surface area contributed by atoms with Crippen LogP contribution in [0.25, 0.3) is 0 Å². The lowest BCUT2D eigenvalue weighted by molar-refractivity contribution is -0.120. The number of carbonyl (C=O) groups is 1. The normalized spacial score (nSPS) is 18.1. The van der Waals surface area contributed by atoms with Crippen molar-refractivity contribution in [2.45, 2.75) is 38.2 Å². The van der Waals surface area contributed by atoms with Gasteiger partial charge in [-0.1, -0.05) is 6.92 Å². The summed E-state index contributed by atoms with van der Waals surface area (Å²) < 4.78 is 11.1. The van der Waals surface area contributed by atoms with Gasteiger partial charge in [-0.2, -0.15) is 0 Å². The van der Waals surface area contributed by atoms with E-state index in [1.807, 2.05) is 26.0 Å². The largest absolute Gasteiger partial charge is 0.496 e. The third kappa shape index (κ3) is 3.01.